The Bertz CT molecular complexity index is 844. The molecule has 2 N–H and O–H groups in total. The van der Waals surface area contributed by atoms with Crippen LogP contribution in [0.15, 0.2) is 53.4 Å². The number of benzene rings is 2. The number of nitrogens with one attached hydrogen (secondary N) is 1. The summed E-state index contributed by atoms with van der Waals surface area (Å²) in [7, 11) is -3.68. The lowest BCUT2D eigenvalue weighted by Crippen LogP contribution is -2.24. The minimum Gasteiger partial charge on any atom is -0.481 e. The smallest absolute Gasteiger partial charge is 0.309 e. The number of carboxylic acids is 1. The molecule has 0 aliphatic carbocycles. The van der Waals surface area contributed by atoms with Crippen LogP contribution in [0.25, 0.3) is 0 Å². The van der Waals surface area contributed by atoms with Gasteiger partial charge in [-0.2, -0.15) is 0 Å². The number of anilines is 1. The number of carbonyl (C=O) groups is 1. The maximum Gasteiger partial charge on any atom is 0.309 e. The molecule has 0 heterocycles. The summed E-state index contributed by atoms with van der Waals surface area (Å²) in [5.74, 6) is -0.833. The van der Waals surface area contributed by atoms with E-state index >= 15 is 0 Å². The van der Waals surface area contributed by atoms with Crippen molar-refractivity contribution in [2.75, 3.05) is 4.72 Å². The van der Waals surface area contributed by atoms with Crippen molar-refractivity contribution in [3.63, 3.8) is 0 Å². The molecule has 2 aromatic rings. The second kappa shape index (κ2) is 7.45. The Labute approximate surface area is 152 Å². The number of aliphatic carboxylic acids is 1. The third-order valence-electron chi connectivity index (χ3n) is 3.95. The van der Waals surface area contributed by atoms with Crippen LogP contribution in [-0.4, -0.2) is 19.5 Å². The van der Waals surface area contributed by atoms with Gasteiger partial charge in [0.05, 0.1) is 10.3 Å². The Morgan fingerprint density at radius 1 is 1.08 bits per heavy atom. The molecular formula is C18H20ClNO4S. The van der Waals surface area contributed by atoms with E-state index in [-0.39, 0.29) is 4.90 Å². The summed E-state index contributed by atoms with van der Waals surface area (Å²) in [6.07, 6.45) is 1.10. The van der Waals surface area contributed by atoms with Crippen molar-refractivity contribution in [3.8, 4) is 0 Å². The Morgan fingerprint density at radius 2 is 1.64 bits per heavy atom. The first kappa shape index (κ1) is 19.3. The van der Waals surface area contributed by atoms with Gasteiger partial charge in [0.25, 0.3) is 10.0 Å². The molecule has 0 fully saturated rings. The Kier molecular flexibility index (Phi) is 5.75. The highest BCUT2D eigenvalue weighted by molar-refractivity contribution is 7.92. The van der Waals surface area contributed by atoms with Crippen LogP contribution in [0.2, 0.25) is 5.02 Å². The Hall–Kier alpha value is -2.05. The Balaban J connectivity index is 2.05. The maximum absolute atomic E-state index is 12.3. The predicted octanol–water partition coefficient (Wildman–Crippen LogP) is 4.18. The first-order valence-corrected chi connectivity index (χ1v) is 9.57. The van der Waals surface area contributed by atoms with Gasteiger partial charge in [-0.3, -0.25) is 9.52 Å². The van der Waals surface area contributed by atoms with E-state index in [0.29, 0.717) is 23.6 Å². The third-order valence-corrected chi connectivity index (χ3v) is 5.60. The van der Waals surface area contributed by atoms with Crippen LogP contribution in [0.5, 0.6) is 0 Å². The van der Waals surface area contributed by atoms with Gasteiger partial charge in [-0.05, 0) is 68.7 Å². The molecule has 0 amide bonds. The first-order chi connectivity index (χ1) is 11.6. The van der Waals surface area contributed by atoms with Crippen molar-refractivity contribution < 1.29 is 18.3 Å². The predicted molar refractivity (Wildman–Crippen MR) is 98.4 cm³/mol. The van der Waals surface area contributed by atoms with E-state index in [2.05, 4.69) is 4.72 Å². The van der Waals surface area contributed by atoms with Gasteiger partial charge < -0.3 is 5.11 Å². The third kappa shape index (κ3) is 5.21. The molecule has 5 nitrogen and oxygen atoms in total. The number of hydrogen-bond acceptors (Lipinski definition) is 3. The summed E-state index contributed by atoms with van der Waals surface area (Å²) in [6, 6.07) is 12.8. The zero-order valence-electron chi connectivity index (χ0n) is 14.0. The highest BCUT2D eigenvalue weighted by atomic mass is 35.5. The van der Waals surface area contributed by atoms with Gasteiger partial charge in [0.1, 0.15) is 0 Å². The van der Waals surface area contributed by atoms with E-state index < -0.39 is 21.4 Å². The minimum absolute atomic E-state index is 0.129. The summed E-state index contributed by atoms with van der Waals surface area (Å²) in [5.41, 5.74) is 0.592. The van der Waals surface area contributed by atoms with E-state index in [1.165, 1.54) is 24.3 Å². The van der Waals surface area contributed by atoms with E-state index in [0.717, 1.165) is 5.56 Å². The van der Waals surface area contributed by atoms with Crippen LogP contribution in [0.3, 0.4) is 0 Å². The van der Waals surface area contributed by atoms with Crippen molar-refractivity contribution in [1.82, 2.24) is 0 Å². The van der Waals surface area contributed by atoms with Gasteiger partial charge >= 0.3 is 5.97 Å². The van der Waals surface area contributed by atoms with Gasteiger partial charge in [-0.1, -0.05) is 23.7 Å². The lowest BCUT2D eigenvalue weighted by Gasteiger charge is -2.18. The standard InChI is InChI=1S/C18H20ClNO4S/c1-18(2,17(21)22)12-11-13-3-7-15(8-4-13)20-25(23,24)16-9-5-14(19)6-10-16/h3-10,20H,11-12H2,1-2H3,(H,21,22). The minimum atomic E-state index is -3.68. The van der Waals surface area contributed by atoms with Crippen molar-refractivity contribution in [2.24, 2.45) is 5.41 Å². The fourth-order valence-corrected chi connectivity index (χ4v) is 3.32. The van der Waals surface area contributed by atoms with Crippen LogP contribution in [0.1, 0.15) is 25.8 Å². The fraction of sp³-hybridized carbons (Fsp3) is 0.278. The first-order valence-electron chi connectivity index (χ1n) is 7.71. The van der Waals surface area contributed by atoms with Gasteiger partial charge in [-0.25, -0.2) is 8.42 Å². The number of carboxylic acid groups (broad SMARTS) is 1. The lowest BCUT2D eigenvalue weighted by atomic mass is 9.86. The molecule has 134 valence electrons. The topological polar surface area (TPSA) is 83.5 Å². The molecule has 0 atom stereocenters. The molecule has 0 aliphatic heterocycles. The summed E-state index contributed by atoms with van der Waals surface area (Å²) in [5, 5.41) is 9.60. The van der Waals surface area contributed by atoms with Gasteiger partial charge in [0.15, 0.2) is 0 Å². The fourth-order valence-electron chi connectivity index (χ4n) is 2.13. The van der Waals surface area contributed by atoms with E-state index in [9.17, 15) is 13.2 Å². The number of aryl methyl sites for hydroxylation is 1. The van der Waals surface area contributed by atoms with Gasteiger partial charge in [0, 0.05) is 10.7 Å². The average Bonchev–Trinajstić information content (AvgIpc) is 2.54. The van der Waals surface area contributed by atoms with Crippen molar-refractivity contribution in [3.05, 3.63) is 59.1 Å². The van der Waals surface area contributed by atoms with E-state index in [1.54, 1.807) is 38.1 Å². The molecule has 0 saturated heterocycles. The van der Waals surface area contributed by atoms with Crippen molar-refractivity contribution in [2.45, 2.75) is 31.6 Å². The molecule has 0 spiro atoms. The van der Waals surface area contributed by atoms with Gasteiger partial charge in [0.2, 0.25) is 0 Å². The summed E-state index contributed by atoms with van der Waals surface area (Å²) in [6.45, 7) is 3.37. The number of halogens is 1. The summed E-state index contributed by atoms with van der Waals surface area (Å²) in [4.78, 5) is 11.3. The summed E-state index contributed by atoms with van der Waals surface area (Å²) < 4.78 is 27.1. The van der Waals surface area contributed by atoms with Crippen LogP contribution < -0.4 is 4.72 Å². The monoisotopic (exact) mass is 381 g/mol. The van der Waals surface area contributed by atoms with Crippen LogP contribution >= 0.6 is 11.6 Å². The zero-order chi connectivity index (χ0) is 18.7. The molecule has 0 unspecified atom stereocenters. The highest BCUT2D eigenvalue weighted by Crippen LogP contribution is 2.24. The van der Waals surface area contributed by atoms with Crippen LogP contribution in [0.4, 0.5) is 5.69 Å². The van der Waals surface area contributed by atoms with E-state index in [4.69, 9.17) is 16.7 Å². The molecule has 7 heteroatoms. The lowest BCUT2D eigenvalue weighted by molar-refractivity contribution is -0.147. The molecule has 0 bridgehead atoms. The number of sulfonamides is 1. The second-order valence-electron chi connectivity index (χ2n) is 6.45. The molecule has 2 aromatic carbocycles. The Morgan fingerprint density at radius 3 is 2.16 bits per heavy atom. The van der Waals surface area contributed by atoms with Crippen molar-refractivity contribution >= 4 is 33.3 Å². The average molecular weight is 382 g/mol. The van der Waals surface area contributed by atoms with Gasteiger partial charge in [-0.15, -0.1) is 0 Å². The zero-order valence-corrected chi connectivity index (χ0v) is 15.6. The van der Waals surface area contributed by atoms with E-state index in [1.807, 2.05) is 0 Å². The quantitative estimate of drug-likeness (QED) is 0.753. The second-order valence-corrected chi connectivity index (χ2v) is 8.56. The normalized spacial score (nSPS) is 12.0. The maximum atomic E-state index is 12.3. The van der Waals surface area contributed by atoms with Crippen LogP contribution in [-0.2, 0) is 21.2 Å². The number of hydrogen-bond donors (Lipinski definition) is 2. The molecule has 0 radical (unpaired) electrons. The van der Waals surface area contributed by atoms with Crippen LogP contribution in [0, 0.1) is 5.41 Å². The highest BCUT2D eigenvalue weighted by Gasteiger charge is 2.26. The largest absolute Gasteiger partial charge is 0.481 e. The number of rotatable bonds is 7. The molecule has 0 saturated carbocycles. The molecular weight excluding hydrogens is 362 g/mol. The SMILES string of the molecule is CC(C)(CCc1ccc(NS(=O)(=O)c2ccc(Cl)cc2)cc1)C(=O)O. The molecule has 0 aliphatic rings. The molecule has 2 rings (SSSR count). The summed E-state index contributed by atoms with van der Waals surface area (Å²) >= 11 is 5.77. The molecule has 0 aromatic heterocycles. The molecule has 25 heavy (non-hydrogen) atoms. The van der Waals surface area contributed by atoms with Crippen molar-refractivity contribution in [1.29, 1.82) is 0 Å².